The molecular weight excluding hydrogens is 362 g/mol. The number of ether oxygens (including phenoxy) is 1. The maximum atomic E-state index is 12.5. The predicted octanol–water partition coefficient (Wildman–Crippen LogP) is 4.17. The minimum absolute atomic E-state index is 0.0307. The maximum absolute atomic E-state index is 12.5. The number of piperazine rings is 1. The van der Waals surface area contributed by atoms with E-state index < -0.39 is 5.60 Å². The number of rotatable bonds is 3. The molecule has 0 radical (unpaired) electrons. The number of amides is 1. The number of carbonyl (C=O) groups excluding carboxylic acids is 1. The zero-order valence-corrected chi connectivity index (χ0v) is 17.0. The molecule has 0 spiro atoms. The van der Waals surface area contributed by atoms with E-state index >= 15 is 0 Å². The van der Waals surface area contributed by atoms with E-state index in [1.807, 2.05) is 34.6 Å². The normalized spacial score (nSPS) is 21.1. The Morgan fingerprint density at radius 3 is 2.64 bits per heavy atom. The highest BCUT2D eigenvalue weighted by Gasteiger charge is 2.34. The van der Waals surface area contributed by atoms with Crippen LogP contribution >= 0.6 is 0 Å². The van der Waals surface area contributed by atoms with Gasteiger partial charge >= 0.3 is 6.09 Å². The number of hydrogen-bond acceptors (Lipinski definition) is 6. The SMILES string of the molecule is CC1CN(C(=O)OC(C)(C)C)C(C)CN1Cc1cc([N+](=O)[O-])cc2ccoc12. The summed E-state index contributed by atoms with van der Waals surface area (Å²) in [6.07, 6.45) is 1.24. The lowest BCUT2D eigenvalue weighted by Gasteiger charge is -2.44. The summed E-state index contributed by atoms with van der Waals surface area (Å²) in [7, 11) is 0. The Hall–Kier alpha value is -2.61. The largest absolute Gasteiger partial charge is 0.464 e. The molecule has 2 atom stereocenters. The average Bonchev–Trinajstić information content (AvgIpc) is 3.04. The molecule has 2 heterocycles. The second kappa shape index (κ2) is 7.43. The van der Waals surface area contributed by atoms with Crippen molar-refractivity contribution in [3.8, 4) is 0 Å². The Morgan fingerprint density at radius 1 is 1.29 bits per heavy atom. The van der Waals surface area contributed by atoms with Crippen LogP contribution in [0.25, 0.3) is 11.0 Å². The lowest BCUT2D eigenvalue weighted by molar-refractivity contribution is -0.384. The number of hydrogen-bond donors (Lipinski definition) is 0. The highest BCUT2D eigenvalue weighted by Crippen LogP contribution is 2.29. The van der Waals surface area contributed by atoms with Gasteiger partial charge < -0.3 is 14.1 Å². The zero-order valence-electron chi connectivity index (χ0n) is 17.0. The number of nitro groups is 1. The van der Waals surface area contributed by atoms with Crippen LogP contribution in [0.2, 0.25) is 0 Å². The summed E-state index contributed by atoms with van der Waals surface area (Å²) in [5.41, 5.74) is 0.960. The van der Waals surface area contributed by atoms with Gasteiger partial charge in [-0.15, -0.1) is 0 Å². The van der Waals surface area contributed by atoms with Gasteiger partial charge in [-0.1, -0.05) is 0 Å². The van der Waals surface area contributed by atoms with Crippen LogP contribution in [0.5, 0.6) is 0 Å². The fourth-order valence-corrected chi connectivity index (χ4v) is 3.57. The molecule has 1 aromatic heterocycles. The van der Waals surface area contributed by atoms with Crippen molar-refractivity contribution in [3.63, 3.8) is 0 Å². The Kier molecular flexibility index (Phi) is 5.34. The van der Waals surface area contributed by atoms with Crippen molar-refractivity contribution in [2.24, 2.45) is 0 Å². The van der Waals surface area contributed by atoms with Gasteiger partial charge in [-0.3, -0.25) is 15.0 Å². The van der Waals surface area contributed by atoms with Crippen LogP contribution < -0.4 is 0 Å². The van der Waals surface area contributed by atoms with Crippen molar-refractivity contribution in [1.82, 2.24) is 9.80 Å². The summed E-state index contributed by atoms with van der Waals surface area (Å²) in [5, 5.41) is 12.0. The Morgan fingerprint density at radius 2 is 2.00 bits per heavy atom. The van der Waals surface area contributed by atoms with E-state index in [0.29, 0.717) is 25.2 Å². The molecule has 152 valence electrons. The minimum Gasteiger partial charge on any atom is -0.464 e. The third kappa shape index (κ3) is 4.27. The Balaban J connectivity index is 1.78. The van der Waals surface area contributed by atoms with Gasteiger partial charge in [0, 0.05) is 54.8 Å². The highest BCUT2D eigenvalue weighted by molar-refractivity contribution is 5.83. The fourth-order valence-electron chi connectivity index (χ4n) is 3.57. The van der Waals surface area contributed by atoms with Crippen molar-refractivity contribution in [2.45, 2.75) is 58.8 Å². The minimum atomic E-state index is -0.537. The zero-order chi connectivity index (χ0) is 20.6. The van der Waals surface area contributed by atoms with Crippen molar-refractivity contribution in [1.29, 1.82) is 0 Å². The summed E-state index contributed by atoms with van der Waals surface area (Å²) in [6.45, 7) is 11.3. The summed E-state index contributed by atoms with van der Waals surface area (Å²) in [5.74, 6) is 0. The molecule has 1 amide bonds. The maximum Gasteiger partial charge on any atom is 0.410 e. The van der Waals surface area contributed by atoms with Crippen LogP contribution in [0.15, 0.2) is 28.9 Å². The number of benzene rings is 1. The first kappa shape index (κ1) is 20.1. The van der Waals surface area contributed by atoms with Gasteiger partial charge in [0.2, 0.25) is 0 Å². The van der Waals surface area contributed by atoms with Gasteiger partial charge in [-0.25, -0.2) is 4.79 Å². The number of non-ortho nitro benzene ring substituents is 1. The molecule has 0 aliphatic carbocycles. The first-order valence-corrected chi connectivity index (χ1v) is 9.43. The van der Waals surface area contributed by atoms with E-state index in [1.54, 1.807) is 23.3 Å². The van der Waals surface area contributed by atoms with Gasteiger partial charge in [0.15, 0.2) is 0 Å². The van der Waals surface area contributed by atoms with Crippen LogP contribution in [-0.2, 0) is 11.3 Å². The monoisotopic (exact) mass is 389 g/mol. The van der Waals surface area contributed by atoms with Crippen molar-refractivity contribution < 1.29 is 18.9 Å². The number of fused-ring (bicyclic) bond motifs is 1. The van der Waals surface area contributed by atoms with Gasteiger partial charge in [0.25, 0.3) is 5.69 Å². The summed E-state index contributed by atoms with van der Waals surface area (Å²) < 4.78 is 11.1. The number of nitro benzene ring substituents is 1. The van der Waals surface area contributed by atoms with Crippen molar-refractivity contribution in [2.75, 3.05) is 13.1 Å². The van der Waals surface area contributed by atoms with Crippen LogP contribution in [0.4, 0.5) is 10.5 Å². The average molecular weight is 389 g/mol. The molecule has 28 heavy (non-hydrogen) atoms. The molecule has 0 N–H and O–H groups in total. The van der Waals surface area contributed by atoms with Crippen molar-refractivity contribution >= 4 is 22.7 Å². The second-order valence-corrected chi connectivity index (χ2v) is 8.46. The van der Waals surface area contributed by atoms with E-state index in [9.17, 15) is 14.9 Å². The number of furan rings is 1. The number of carbonyl (C=O) groups is 1. The molecule has 3 rings (SSSR count). The van der Waals surface area contributed by atoms with E-state index in [2.05, 4.69) is 4.90 Å². The van der Waals surface area contributed by atoms with Crippen LogP contribution in [0.3, 0.4) is 0 Å². The molecule has 0 saturated carbocycles. The Labute approximate surface area is 164 Å². The van der Waals surface area contributed by atoms with E-state index in [-0.39, 0.29) is 28.8 Å². The predicted molar refractivity (Wildman–Crippen MR) is 105 cm³/mol. The molecule has 2 unspecified atom stereocenters. The first-order valence-electron chi connectivity index (χ1n) is 9.43. The number of nitrogens with zero attached hydrogens (tertiary/aromatic N) is 3. The smallest absolute Gasteiger partial charge is 0.410 e. The van der Waals surface area contributed by atoms with Crippen LogP contribution in [0.1, 0.15) is 40.2 Å². The molecule has 2 aromatic rings. The lowest BCUT2D eigenvalue weighted by atomic mass is 10.1. The molecule has 1 saturated heterocycles. The van der Waals surface area contributed by atoms with E-state index in [0.717, 1.165) is 10.9 Å². The second-order valence-electron chi connectivity index (χ2n) is 8.46. The van der Waals surface area contributed by atoms with E-state index in [4.69, 9.17) is 9.15 Å². The Bertz CT molecular complexity index is 886. The lowest BCUT2D eigenvalue weighted by Crippen LogP contribution is -2.58. The van der Waals surface area contributed by atoms with Gasteiger partial charge in [-0.05, 0) is 40.7 Å². The molecule has 1 aliphatic rings. The molecule has 0 bridgehead atoms. The highest BCUT2D eigenvalue weighted by atomic mass is 16.6. The summed E-state index contributed by atoms with van der Waals surface area (Å²) >= 11 is 0. The molecule has 1 fully saturated rings. The standard InChI is InChI=1S/C20H27N3O5/c1-13-11-22(19(24)28-20(3,4)5)14(2)10-21(13)12-16-9-17(23(25)26)8-15-6-7-27-18(15)16/h6-9,13-14H,10-12H2,1-5H3. The van der Waals surface area contributed by atoms with Crippen LogP contribution in [0, 0.1) is 10.1 Å². The molecule has 8 heteroatoms. The summed E-state index contributed by atoms with van der Waals surface area (Å²) in [6, 6.07) is 4.88. The van der Waals surface area contributed by atoms with E-state index in [1.165, 1.54) is 6.07 Å². The van der Waals surface area contributed by atoms with Gasteiger partial charge in [-0.2, -0.15) is 0 Å². The van der Waals surface area contributed by atoms with Gasteiger partial charge in [0.05, 0.1) is 11.2 Å². The van der Waals surface area contributed by atoms with Gasteiger partial charge in [0.1, 0.15) is 11.2 Å². The topological polar surface area (TPSA) is 89.1 Å². The third-order valence-electron chi connectivity index (χ3n) is 4.94. The van der Waals surface area contributed by atoms with Crippen molar-refractivity contribution in [3.05, 3.63) is 40.1 Å². The summed E-state index contributed by atoms with van der Waals surface area (Å²) in [4.78, 5) is 27.3. The third-order valence-corrected chi connectivity index (χ3v) is 4.94. The molecule has 1 aromatic carbocycles. The molecular formula is C20H27N3O5. The molecule has 8 nitrogen and oxygen atoms in total. The fraction of sp³-hybridized carbons (Fsp3) is 0.550. The first-order chi connectivity index (χ1) is 13.0. The van der Waals surface area contributed by atoms with Crippen LogP contribution in [-0.4, -0.2) is 51.6 Å². The molecule has 1 aliphatic heterocycles. The quantitative estimate of drug-likeness (QED) is 0.578.